The van der Waals surface area contributed by atoms with Gasteiger partial charge in [-0.2, -0.15) is 0 Å². The van der Waals surface area contributed by atoms with E-state index in [1.54, 1.807) is 0 Å². The lowest BCUT2D eigenvalue weighted by atomic mass is 10.2. The molecule has 0 amide bonds. The van der Waals surface area contributed by atoms with Gasteiger partial charge in [0.2, 0.25) is 5.95 Å². The molecule has 0 saturated heterocycles. The maximum atomic E-state index is 6.11. The Morgan fingerprint density at radius 3 is 2.72 bits per heavy atom. The first-order chi connectivity index (χ1) is 8.72. The number of aromatic nitrogens is 2. The zero-order chi connectivity index (χ0) is 12.5. The first kappa shape index (κ1) is 11.5. The number of benzene rings is 1. The zero-order valence-electron chi connectivity index (χ0n) is 10.2. The van der Waals surface area contributed by atoms with E-state index in [2.05, 4.69) is 21.4 Å². The fourth-order valence-electron chi connectivity index (χ4n) is 1.92. The van der Waals surface area contributed by atoms with E-state index in [-0.39, 0.29) is 0 Å². The third-order valence-corrected chi connectivity index (χ3v) is 3.32. The lowest BCUT2D eigenvalue weighted by Gasteiger charge is -2.08. The summed E-state index contributed by atoms with van der Waals surface area (Å²) in [6.45, 7) is 1.99. The summed E-state index contributed by atoms with van der Waals surface area (Å²) in [5, 5.41) is 3.86. The minimum absolute atomic E-state index is 0.624. The third kappa shape index (κ3) is 2.46. The molecule has 3 nitrogen and oxygen atoms in total. The minimum Gasteiger partial charge on any atom is -0.323 e. The van der Waals surface area contributed by atoms with Gasteiger partial charge < -0.3 is 5.32 Å². The number of aryl methyl sites for hydroxylation is 1. The Hall–Kier alpha value is -1.61. The molecule has 0 spiro atoms. The van der Waals surface area contributed by atoms with Gasteiger partial charge in [-0.25, -0.2) is 9.97 Å². The van der Waals surface area contributed by atoms with Gasteiger partial charge in [-0.05, 0) is 38.0 Å². The maximum Gasteiger partial charge on any atom is 0.227 e. The van der Waals surface area contributed by atoms with E-state index < -0.39 is 0 Å². The predicted molar refractivity (Wildman–Crippen MR) is 73.5 cm³/mol. The van der Waals surface area contributed by atoms with Crippen LogP contribution in [0.15, 0.2) is 30.3 Å². The first-order valence-corrected chi connectivity index (χ1v) is 6.47. The van der Waals surface area contributed by atoms with Crippen LogP contribution in [0.2, 0.25) is 5.02 Å². The van der Waals surface area contributed by atoms with Crippen molar-refractivity contribution in [3.05, 3.63) is 46.7 Å². The molecule has 1 aliphatic carbocycles. The van der Waals surface area contributed by atoms with Crippen LogP contribution in [0.5, 0.6) is 0 Å². The number of halogens is 1. The lowest BCUT2D eigenvalue weighted by molar-refractivity contribution is 0.972. The molecule has 1 aliphatic rings. The van der Waals surface area contributed by atoms with E-state index in [0.717, 1.165) is 17.1 Å². The monoisotopic (exact) mass is 259 g/mol. The predicted octanol–water partition coefficient (Wildman–Crippen LogP) is 4.06. The van der Waals surface area contributed by atoms with Crippen molar-refractivity contribution >= 4 is 23.2 Å². The number of anilines is 2. The summed E-state index contributed by atoms with van der Waals surface area (Å²) in [6.07, 6.45) is 2.48. The molecule has 1 fully saturated rings. The van der Waals surface area contributed by atoms with E-state index in [0.29, 0.717) is 16.9 Å². The van der Waals surface area contributed by atoms with E-state index >= 15 is 0 Å². The van der Waals surface area contributed by atoms with Crippen LogP contribution >= 0.6 is 11.6 Å². The normalized spacial score (nSPS) is 14.6. The van der Waals surface area contributed by atoms with Gasteiger partial charge in [0.05, 0.1) is 10.7 Å². The molecule has 18 heavy (non-hydrogen) atoms. The van der Waals surface area contributed by atoms with Gasteiger partial charge >= 0.3 is 0 Å². The highest BCUT2D eigenvalue weighted by molar-refractivity contribution is 6.33. The molecule has 92 valence electrons. The van der Waals surface area contributed by atoms with Gasteiger partial charge in [-0.1, -0.05) is 23.7 Å². The number of hydrogen-bond acceptors (Lipinski definition) is 3. The molecule has 1 heterocycles. The minimum atomic E-state index is 0.624. The molecule has 0 atom stereocenters. The Bertz CT molecular complexity index is 579. The average Bonchev–Trinajstić information content (AvgIpc) is 3.15. The highest BCUT2D eigenvalue weighted by atomic mass is 35.5. The fourth-order valence-corrected chi connectivity index (χ4v) is 2.10. The second-order valence-electron chi connectivity index (χ2n) is 4.64. The van der Waals surface area contributed by atoms with Gasteiger partial charge in [0.15, 0.2) is 0 Å². The number of nitrogens with zero attached hydrogens (tertiary/aromatic N) is 2. The Labute approximate surface area is 111 Å². The summed E-state index contributed by atoms with van der Waals surface area (Å²) in [6, 6.07) is 9.67. The van der Waals surface area contributed by atoms with Crippen LogP contribution in [0, 0.1) is 6.92 Å². The summed E-state index contributed by atoms with van der Waals surface area (Å²) < 4.78 is 0. The van der Waals surface area contributed by atoms with E-state index in [1.807, 2.05) is 31.2 Å². The van der Waals surface area contributed by atoms with Crippen molar-refractivity contribution in [2.45, 2.75) is 25.7 Å². The smallest absolute Gasteiger partial charge is 0.227 e. The van der Waals surface area contributed by atoms with E-state index in [4.69, 9.17) is 11.6 Å². The summed E-state index contributed by atoms with van der Waals surface area (Å²) in [7, 11) is 0. The van der Waals surface area contributed by atoms with Crippen LogP contribution < -0.4 is 5.32 Å². The fraction of sp³-hybridized carbons (Fsp3) is 0.286. The Morgan fingerprint density at radius 1 is 1.22 bits per heavy atom. The van der Waals surface area contributed by atoms with Crippen molar-refractivity contribution in [1.29, 1.82) is 0 Å². The number of para-hydroxylation sites is 1. The second-order valence-corrected chi connectivity index (χ2v) is 5.04. The van der Waals surface area contributed by atoms with Gasteiger partial charge in [0, 0.05) is 17.3 Å². The van der Waals surface area contributed by atoms with Gasteiger partial charge in [-0.15, -0.1) is 0 Å². The van der Waals surface area contributed by atoms with Crippen LogP contribution in [-0.4, -0.2) is 9.97 Å². The molecule has 0 bridgehead atoms. The van der Waals surface area contributed by atoms with Crippen molar-refractivity contribution in [3.63, 3.8) is 0 Å². The highest BCUT2D eigenvalue weighted by Crippen LogP contribution is 2.39. The standard InChI is InChI=1S/C14H14ClN3/c1-9-8-13(10-6-7-10)18-14(16-9)17-12-5-3-2-4-11(12)15/h2-5,8,10H,6-7H2,1H3,(H,16,17,18). The first-order valence-electron chi connectivity index (χ1n) is 6.09. The van der Waals surface area contributed by atoms with E-state index in [9.17, 15) is 0 Å². The number of hydrogen-bond donors (Lipinski definition) is 1. The quantitative estimate of drug-likeness (QED) is 0.903. The van der Waals surface area contributed by atoms with Gasteiger partial charge in [0.1, 0.15) is 0 Å². The molecular formula is C14H14ClN3. The Morgan fingerprint density at radius 2 is 2.00 bits per heavy atom. The van der Waals surface area contributed by atoms with Crippen LogP contribution in [0.4, 0.5) is 11.6 Å². The molecule has 0 aliphatic heterocycles. The van der Waals surface area contributed by atoms with Crippen molar-refractivity contribution in [2.75, 3.05) is 5.32 Å². The highest BCUT2D eigenvalue weighted by Gasteiger charge is 2.25. The second kappa shape index (κ2) is 4.58. The third-order valence-electron chi connectivity index (χ3n) is 2.99. The van der Waals surface area contributed by atoms with Crippen molar-refractivity contribution < 1.29 is 0 Å². The van der Waals surface area contributed by atoms with Crippen LogP contribution in [0.25, 0.3) is 0 Å². The SMILES string of the molecule is Cc1cc(C2CC2)nc(Nc2ccccc2Cl)n1. The molecule has 1 aromatic carbocycles. The number of rotatable bonds is 3. The molecule has 2 aromatic rings. The van der Waals surface area contributed by atoms with Crippen molar-refractivity contribution in [1.82, 2.24) is 9.97 Å². The summed E-state index contributed by atoms with van der Waals surface area (Å²) >= 11 is 6.11. The molecule has 1 saturated carbocycles. The number of nitrogens with one attached hydrogen (secondary N) is 1. The van der Waals surface area contributed by atoms with Gasteiger partial charge in [-0.3, -0.25) is 0 Å². The van der Waals surface area contributed by atoms with Crippen molar-refractivity contribution in [2.24, 2.45) is 0 Å². The van der Waals surface area contributed by atoms with Crippen LogP contribution in [0.1, 0.15) is 30.1 Å². The molecule has 4 heteroatoms. The maximum absolute atomic E-state index is 6.11. The summed E-state index contributed by atoms with van der Waals surface area (Å²) in [4.78, 5) is 8.95. The van der Waals surface area contributed by atoms with Gasteiger partial charge in [0.25, 0.3) is 0 Å². The Balaban J connectivity index is 1.90. The molecular weight excluding hydrogens is 246 g/mol. The molecule has 0 unspecified atom stereocenters. The molecule has 3 rings (SSSR count). The topological polar surface area (TPSA) is 37.8 Å². The molecule has 1 aromatic heterocycles. The van der Waals surface area contributed by atoms with Crippen LogP contribution in [0.3, 0.4) is 0 Å². The molecule has 1 N–H and O–H groups in total. The Kier molecular flexibility index (Phi) is 2.92. The van der Waals surface area contributed by atoms with Crippen molar-refractivity contribution in [3.8, 4) is 0 Å². The molecule has 0 radical (unpaired) electrons. The van der Waals surface area contributed by atoms with Crippen LogP contribution in [-0.2, 0) is 0 Å². The summed E-state index contributed by atoms with van der Waals surface area (Å²) in [5.74, 6) is 1.25. The van der Waals surface area contributed by atoms with E-state index in [1.165, 1.54) is 12.8 Å². The lowest BCUT2D eigenvalue weighted by Crippen LogP contribution is -2.01. The largest absolute Gasteiger partial charge is 0.323 e. The average molecular weight is 260 g/mol. The zero-order valence-corrected chi connectivity index (χ0v) is 10.9. The summed E-state index contributed by atoms with van der Waals surface area (Å²) in [5.41, 5.74) is 2.96.